The van der Waals surface area contributed by atoms with Crippen molar-refractivity contribution in [1.82, 2.24) is 10.6 Å². The topological polar surface area (TPSA) is 61.4 Å². The molecular formula is C21H32ClN3O2. The average molecular weight is 394 g/mol. The van der Waals surface area contributed by atoms with E-state index in [1.807, 2.05) is 12.1 Å². The molecule has 2 amide bonds. The van der Waals surface area contributed by atoms with E-state index >= 15 is 0 Å². The molecule has 2 heterocycles. The Hall–Kier alpha value is -1.59. The van der Waals surface area contributed by atoms with E-state index < -0.39 is 5.92 Å². The molecule has 0 aromatic heterocycles. The van der Waals surface area contributed by atoms with Gasteiger partial charge < -0.3 is 15.5 Å². The van der Waals surface area contributed by atoms with E-state index in [0.29, 0.717) is 31.3 Å². The normalized spacial score (nSPS) is 22.6. The molecule has 150 valence electrons. The van der Waals surface area contributed by atoms with E-state index in [1.165, 1.54) is 18.4 Å². The fourth-order valence-electron chi connectivity index (χ4n) is 3.91. The first-order valence-corrected chi connectivity index (χ1v) is 9.96. The van der Waals surface area contributed by atoms with Gasteiger partial charge in [0.15, 0.2) is 0 Å². The van der Waals surface area contributed by atoms with Crippen LogP contribution in [-0.4, -0.2) is 38.0 Å². The van der Waals surface area contributed by atoms with E-state index in [2.05, 4.69) is 36.6 Å². The summed E-state index contributed by atoms with van der Waals surface area (Å²) in [5, 5.41) is 6.38. The molecule has 0 saturated carbocycles. The van der Waals surface area contributed by atoms with E-state index in [1.54, 1.807) is 4.90 Å². The Balaban J connectivity index is 0.00000261. The molecule has 5 nitrogen and oxygen atoms in total. The number of carbonyl (C=O) groups is 2. The highest BCUT2D eigenvalue weighted by Crippen LogP contribution is 2.27. The molecule has 1 aromatic carbocycles. The number of halogens is 1. The number of hydrogen-bond acceptors (Lipinski definition) is 3. The van der Waals surface area contributed by atoms with Crippen molar-refractivity contribution in [2.75, 3.05) is 31.1 Å². The summed E-state index contributed by atoms with van der Waals surface area (Å²) < 4.78 is 0. The molecule has 0 bridgehead atoms. The molecule has 2 saturated heterocycles. The molecule has 2 atom stereocenters. The second-order valence-electron chi connectivity index (χ2n) is 7.87. The van der Waals surface area contributed by atoms with Gasteiger partial charge in [0, 0.05) is 18.8 Å². The first kappa shape index (κ1) is 21.7. The Labute approximate surface area is 168 Å². The molecule has 6 heteroatoms. The van der Waals surface area contributed by atoms with Gasteiger partial charge in [-0.05, 0) is 68.3 Å². The molecule has 1 aromatic rings. The molecule has 2 unspecified atom stereocenters. The summed E-state index contributed by atoms with van der Waals surface area (Å²) in [5.74, 6) is 0.388. The Morgan fingerprint density at radius 3 is 2.63 bits per heavy atom. The van der Waals surface area contributed by atoms with Crippen molar-refractivity contribution in [1.29, 1.82) is 0 Å². The van der Waals surface area contributed by atoms with Crippen LogP contribution in [0.5, 0.6) is 0 Å². The van der Waals surface area contributed by atoms with Crippen LogP contribution in [0.1, 0.15) is 51.0 Å². The lowest BCUT2D eigenvalue weighted by Gasteiger charge is -2.23. The van der Waals surface area contributed by atoms with Gasteiger partial charge in [-0.2, -0.15) is 0 Å². The quantitative estimate of drug-likeness (QED) is 0.730. The third-order valence-corrected chi connectivity index (χ3v) is 5.64. The van der Waals surface area contributed by atoms with Gasteiger partial charge in [0.05, 0.1) is 0 Å². The predicted octanol–water partition coefficient (Wildman–Crippen LogP) is 3.09. The Bertz CT molecular complexity index is 627. The van der Waals surface area contributed by atoms with Crippen molar-refractivity contribution in [3.05, 3.63) is 29.8 Å². The van der Waals surface area contributed by atoms with Crippen LogP contribution in [0.4, 0.5) is 5.69 Å². The minimum Gasteiger partial charge on any atom is -0.355 e. The lowest BCUT2D eigenvalue weighted by atomic mass is 9.96. The second-order valence-corrected chi connectivity index (χ2v) is 7.87. The van der Waals surface area contributed by atoms with Gasteiger partial charge in [0.25, 0.3) is 0 Å². The molecule has 3 rings (SSSR count). The van der Waals surface area contributed by atoms with Crippen LogP contribution in [0.25, 0.3) is 0 Å². The number of hydrogen-bond donors (Lipinski definition) is 2. The summed E-state index contributed by atoms with van der Waals surface area (Å²) in [7, 11) is 0. The zero-order valence-corrected chi connectivity index (χ0v) is 17.2. The van der Waals surface area contributed by atoms with Crippen molar-refractivity contribution >= 4 is 29.9 Å². The fourth-order valence-corrected chi connectivity index (χ4v) is 3.91. The third kappa shape index (κ3) is 5.45. The fraction of sp³-hybridized carbons (Fsp3) is 0.619. The van der Waals surface area contributed by atoms with Gasteiger partial charge in [0.2, 0.25) is 11.8 Å². The lowest BCUT2D eigenvalue weighted by Crippen LogP contribution is -2.38. The van der Waals surface area contributed by atoms with Crippen molar-refractivity contribution in [2.24, 2.45) is 11.8 Å². The first-order chi connectivity index (χ1) is 12.6. The van der Waals surface area contributed by atoms with E-state index in [9.17, 15) is 9.59 Å². The van der Waals surface area contributed by atoms with E-state index in [4.69, 9.17) is 0 Å². The maximum absolute atomic E-state index is 12.7. The van der Waals surface area contributed by atoms with Gasteiger partial charge in [-0.15, -0.1) is 12.4 Å². The molecule has 2 N–H and O–H groups in total. The number of anilines is 1. The zero-order chi connectivity index (χ0) is 18.5. The number of nitrogens with zero attached hydrogens (tertiary/aromatic N) is 1. The molecule has 0 spiro atoms. The molecule has 2 aliphatic rings. The molecule has 2 aliphatic heterocycles. The monoisotopic (exact) mass is 393 g/mol. The number of piperidine rings is 1. The van der Waals surface area contributed by atoms with Crippen LogP contribution in [0.3, 0.4) is 0 Å². The molecule has 0 aliphatic carbocycles. The SMILES string of the molecule is CC(C)c1ccc(N2CCC(C(=O)NCCC3CCCNC3)C2=O)cc1.Cl. The van der Waals surface area contributed by atoms with Gasteiger partial charge in [-0.1, -0.05) is 26.0 Å². The highest BCUT2D eigenvalue weighted by molar-refractivity contribution is 6.09. The highest BCUT2D eigenvalue weighted by Gasteiger charge is 2.37. The summed E-state index contributed by atoms with van der Waals surface area (Å²) in [5.41, 5.74) is 2.15. The maximum atomic E-state index is 12.7. The van der Waals surface area contributed by atoms with Crippen LogP contribution >= 0.6 is 12.4 Å². The largest absolute Gasteiger partial charge is 0.355 e. The summed E-state index contributed by atoms with van der Waals surface area (Å²) in [6.45, 7) is 7.73. The summed E-state index contributed by atoms with van der Waals surface area (Å²) in [6, 6.07) is 8.12. The number of rotatable bonds is 6. The molecular weight excluding hydrogens is 362 g/mol. The average Bonchev–Trinajstić information content (AvgIpc) is 3.04. The van der Waals surface area contributed by atoms with Crippen LogP contribution < -0.4 is 15.5 Å². The molecule has 0 radical (unpaired) electrons. The van der Waals surface area contributed by atoms with Crippen LogP contribution in [-0.2, 0) is 9.59 Å². The third-order valence-electron chi connectivity index (χ3n) is 5.64. The van der Waals surface area contributed by atoms with Crippen LogP contribution in [0.2, 0.25) is 0 Å². The van der Waals surface area contributed by atoms with Crippen molar-refractivity contribution < 1.29 is 9.59 Å². The van der Waals surface area contributed by atoms with E-state index in [0.717, 1.165) is 25.2 Å². The molecule has 2 fully saturated rings. The summed E-state index contributed by atoms with van der Waals surface area (Å²) >= 11 is 0. The predicted molar refractivity (Wildman–Crippen MR) is 111 cm³/mol. The van der Waals surface area contributed by atoms with Gasteiger partial charge in [-0.3, -0.25) is 9.59 Å². The standard InChI is InChI=1S/C21H31N3O2.ClH/c1-15(2)17-5-7-18(8-6-17)24-13-10-19(21(24)26)20(25)23-12-9-16-4-3-11-22-14-16;/h5-8,15-16,19,22H,3-4,9-14H2,1-2H3,(H,23,25);1H. The minimum atomic E-state index is -0.538. The van der Waals surface area contributed by atoms with Gasteiger partial charge in [0.1, 0.15) is 5.92 Å². The Morgan fingerprint density at radius 2 is 2.00 bits per heavy atom. The summed E-state index contributed by atoms with van der Waals surface area (Å²) in [4.78, 5) is 26.9. The molecule has 27 heavy (non-hydrogen) atoms. The van der Waals surface area contributed by atoms with Gasteiger partial charge in [-0.25, -0.2) is 0 Å². The zero-order valence-electron chi connectivity index (χ0n) is 16.4. The Morgan fingerprint density at radius 1 is 1.26 bits per heavy atom. The number of nitrogens with one attached hydrogen (secondary N) is 2. The minimum absolute atomic E-state index is 0. The highest BCUT2D eigenvalue weighted by atomic mass is 35.5. The van der Waals surface area contributed by atoms with Crippen molar-refractivity contribution in [3.63, 3.8) is 0 Å². The van der Waals surface area contributed by atoms with Crippen molar-refractivity contribution in [3.8, 4) is 0 Å². The van der Waals surface area contributed by atoms with Gasteiger partial charge >= 0.3 is 0 Å². The number of benzene rings is 1. The number of carbonyl (C=O) groups excluding carboxylic acids is 2. The second kappa shape index (κ2) is 10.1. The van der Waals surface area contributed by atoms with Crippen molar-refractivity contribution in [2.45, 2.75) is 45.4 Å². The Kier molecular flexibility index (Phi) is 8.11. The summed E-state index contributed by atoms with van der Waals surface area (Å²) in [6.07, 6.45) is 4.03. The lowest BCUT2D eigenvalue weighted by molar-refractivity contribution is -0.132. The van der Waals surface area contributed by atoms with Crippen LogP contribution in [0, 0.1) is 11.8 Å². The maximum Gasteiger partial charge on any atom is 0.239 e. The first-order valence-electron chi connectivity index (χ1n) is 9.96. The van der Waals surface area contributed by atoms with Crippen LogP contribution in [0.15, 0.2) is 24.3 Å². The smallest absolute Gasteiger partial charge is 0.239 e. The van der Waals surface area contributed by atoms with E-state index in [-0.39, 0.29) is 24.2 Å². The number of amides is 2.